The summed E-state index contributed by atoms with van der Waals surface area (Å²) < 4.78 is 1.71. The highest BCUT2D eigenvalue weighted by atomic mass is 16.1. The number of hydrogen-bond acceptors (Lipinski definition) is 7. The first-order chi connectivity index (χ1) is 17.4. The van der Waals surface area contributed by atoms with Crippen LogP contribution in [-0.4, -0.2) is 40.8 Å². The molecule has 186 valence electrons. The number of rotatable bonds is 7. The van der Waals surface area contributed by atoms with E-state index in [2.05, 4.69) is 37.8 Å². The van der Waals surface area contributed by atoms with Crippen LogP contribution in [0.4, 0.5) is 11.6 Å². The molecule has 3 N–H and O–H groups in total. The fourth-order valence-electron chi connectivity index (χ4n) is 4.85. The monoisotopic (exact) mass is 485 g/mol. The molecule has 4 aromatic rings. The SMILES string of the molecule is Cc1cc(Nc2cc(C)[nH]n2)nc([C@@H]2CC[C@@H](C(=O)NCc3ccc(-n4cccn4)nc3)[C@@H](C)C2)n1. The second-order valence-corrected chi connectivity index (χ2v) is 9.60. The van der Waals surface area contributed by atoms with E-state index < -0.39 is 0 Å². The van der Waals surface area contributed by atoms with Gasteiger partial charge in [-0.15, -0.1) is 0 Å². The molecular weight excluding hydrogens is 454 g/mol. The first kappa shape index (κ1) is 23.7. The number of aromatic amines is 1. The molecule has 10 nitrogen and oxygen atoms in total. The third kappa shape index (κ3) is 5.42. The van der Waals surface area contributed by atoms with Gasteiger partial charge in [-0.25, -0.2) is 19.6 Å². The van der Waals surface area contributed by atoms with Crippen molar-refractivity contribution in [2.24, 2.45) is 11.8 Å². The van der Waals surface area contributed by atoms with Gasteiger partial charge in [0.25, 0.3) is 0 Å². The second-order valence-electron chi connectivity index (χ2n) is 9.60. The zero-order valence-corrected chi connectivity index (χ0v) is 20.8. The Morgan fingerprint density at radius 1 is 1.17 bits per heavy atom. The molecule has 5 rings (SSSR count). The summed E-state index contributed by atoms with van der Waals surface area (Å²) in [5.41, 5.74) is 2.85. The Labute approximate surface area is 210 Å². The summed E-state index contributed by atoms with van der Waals surface area (Å²) in [4.78, 5) is 26.9. The molecule has 1 fully saturated rings. The van der Waals surface area contributed by atoms with Gasteiger partial charge in [0.05, 0.1) is 0 Å². The van der Waals surface area contributed by atoms with E-state index in [4.69, 9.17) is 9.97 Å². The number of nitrogens with one attached hydrogen (secondary N) is 3. The third-order valence-electron chi connectivity index (χ3n) is 6.72. The van der Waals surface area contributed by atoms with Gasteiger partial charge in [-0.05, 0) is 56.7 Å². The van der Waals surface area contributed by atoms with E-state index in [1.807, 2.05) is 50.4 Å². The molecule has 4 heterocycles. The van der Waals surface area contributed by atoms with Crippen molar-refractivity contribution >= 4 is 17.5 Å². The van der Waals surface area contributed by atoms with Crippen LogP contribution in [-0.2, 0) is 11.3 Å². The van der Waals surface area contributed by atoms with E-state index in [1.165, 1.54) is 0 Å². The summed E-state index contributed by atoms with van der Waals surface area (Å²) in [7, 11) is 0. The number of carbonyl (C=O) groups excluding carboxylic acids is 1. The number of anilines is 2. The highest BCUT2D eigenvalue weighted by molar-refractivity contribution is 5.79. The van der Waals surface area contributed by atoms with Crippen LogP contribution in [0.3, 0.4) is 0 Å². The van der Waals surface area contributed by atoms with Crippen LogP contribution in [0, 0.1) is 25.7 Å². The molecule has 4 aromatic heterocycles. The van der Waals surface area contributed by atoms with Gasteiger partial charge in [0.2, 0.25) is 5.91 Å². The smallest absolute Gasteiger partial charge is 0.223 e. The summed E-state index contributed by atoms with van der Waals surface area (Å²) in [5.74, 6) is 3.59. The zero-order chi connectivity index (χ0) is 25.1. The maximum absolute atomic E-state index is 13.0. The Hall–Kier alpha value is -4.08. The van der Waals surface area contributed by atoms with Crippen molar-refractivity contribution in [1.29, 1.82) is 0 Å². The molecule has 36 heavy (non-hydrogen) atoms. The second kappa shape index (κ2) is 10.3. The lowest BCUT2D eigenvalue weighted by molar-refractivity contribution is -0.127. The number of aryl methyl sites for hydroxylation is 2. The van der Waals surface area contributed by atoms with Gasteiger partial charge in [-0.3, -0.25) is 9.89 Å². The topological polar surface area (TPSA) is 126 Å². The van der Waals surface area contributed by atoms with E-state index in [0.717, 1.165) is 59.5 Å². The van der Waals surface area contributed by atoms with Crippen LogP contribution in [0.5, 0.6) is 0 Å². The predicted molar refractivity (Wildman–Crippen MR) is 136 cm³/mol. The quantitative estimate of drug-likeness (QED) is 0.361. The lowest BCUT2D eigenvalue weighted by atomic mass is 9.74. The van der Waals surface area contributed by atoms with Gasteiger partial charge >= 0.3 is 0 Å². The summed E-state index contributed by atoms with van der Waals surface area (Å²) in [6, 6.07) is 9.59. The summed E-state index contributed by atoms with van der Waals surface area (Å²) in [6.45, 7) is 6.55. The number of carbonyl (C=O) groups is 1. The normalized spacial score (nSPS) is 19.7. The van der Waals surface area contributed by atoms with Gasteiger partial charge in [0.15, 0.2) is 11.6 Å². The van der Waals surface area contributed by atoms with Crippen molar-refractivity contribution in [1.82, 2.24) is 40.2 Å². The number of nitrogens with zero attached hydrogens (tertiary/aromatic N) is 6. The minimum atomic E-state index is -0.0213. The summed E-state index contributed by atoms with van der Waals surface area (Å²) >= 11 is 0. The number of amides is 1. The molecule has 1 saturated carbocycles. The van der Waals surface area contributed by atoms with Crippen molar-refractivity contribution in [3.63, 3.8) is 0 Å². The molecule has 0 spiro atoms. The summed E-state index contributed by atoms with van der Waals surface area (Å²) in [6.07, 6.45) is 7.92. The Bertz CT molecular complexity index is 1310. The van der Waals surface area contributed by atoms with E-state index in [1.54, 1.807) is 17.1 Å². The van der Waals surface area contributed by atoms with Crippen molar-refractivity contribution in [3.05, 3.63) is 71.7 Å². The molecule has 1 amide bonds. The van der Waals surface area contributed by atoms with Crippen LogP contribution < -0.4 is 10.6 Å². The minimum absolute atomic E-state index is 0.0213. The highest BCUT2D eigenvalue weighted by Crippen LogP contribution is 2.39. The van der Waals surface area contributed by atoms with Crippen molar-refractivity contribution in [2.75, 3.05) is 5.32 Å². The molecule has 0 bridgehead atoms. The van der Waals surface area contributed by atoms with Gasteiger partial charge in [0, 0.05) is 60.5 Å². The molecule has 1 aliphatic rings. The number of pyridine rings is 1. The standard InChI is InChI=1S/C26H31N9O/c1-16-11-20(25-30-17(2)12-22(32-25)31-23-13-18(3)33-34-23)6-7-21(16)26(36)28-15-19-5-8-24(27-14-19)35-10-4-9-29-35/h4-5,8-10,12-14,16,20-21H,6-7,11,15H2,1-3H3,(H,28,36)(H2,30,31,32,33,34)/t16-,20+,21+/m0/s1. The van der Waals surface area contributed by atoms with E-state index in [9.17, 15) is 4.79 Å². The number of aromatic nitrogens is 7. The van der Waals surface area contributed by atoms with Crippen LogP contribution in [0.25, 0.3) is 5.82 Å². The molecule has 1 aliphatic carbocycles. The van der Waals surface area contributed by atoms with Crippen molar-refractivity contribution in [2.45, 2.75) is 52.5 Å². The van der Waals surface area contributed by atoms with Crippen molar-refractivity contribution in [3.8, 4) is 5.82 Å². The molecular formula is C26H31N9O. The van der Waals surface area contributed by atoms with Gasteiger partial charge < -0.3 is 10.6 Å². The predicted octanol–water partition coefficient (Wildman–Crippen LogP) is 3.98. The fraction of sp³-hybridized carbons (Fsp3) is 0.385. The fourth-order valence-corrected chi connectivity index (χ4v) is 4.85. The highest BCUT2D eigenvalue weighted by Gasteiger charge is 2.34. The van der Waals surface area contributed by atoms with E-state index in [-0.39, 0.29) is 23.7 Å². The Morgan fingerprint density at radius 2 is 2.06 bits per heavy atom. The van der Waals surface area contributed by atoms with E-state index in [0.29, 0.717) is 6.54 Å². The largest absolute Gasteiger partial charge is 0.352 e. The molecule has 0 saturated heterocycles. The minimum Gasteiger partial charge on any atom is -0.352 e. The maximum atomic E-state index is 13.0. The molecule has 0 aliphatic heterocycles. The van der Waals surface area contributed by atoms with Crippen LogP contribution >= 0.6 is 0 Å². The first-order valence-corrected chi connectivity index (χ1v) is 12.3. The molecule has 0 aromatic carbocycles. The third-order valence-corrected chi connectivity index (χ3v) is 6.72. The summed E-state index contributed by atoms with van der Waals surface area (Å²) in [5, 5.41) is 17.7. The average Bonchev–Trinajstić information content (AvgIpc) is 3.54. The zero-order valence-electron chi connectivity index (χ0n) is 20.8. The molecule has 0 radical (unpaired) electrons. The lowest BCUT2D eigenvalue weighted by Gasteiger charge is -2.32. The van der Waals surface area contributed by atoms with Gasteiger partial charge in [0.1, 0.15) is 11.6 Å². The first-order valence-electron chi connectivity index (χ1n) is 12.3. The van der Waals surface area contributed by atoms with Gasteiger partial charge in [-0.1, -0.05) is 13.0 Å². The van der Waals surface area contributed by atoms with Crippen LogP contribution in [0.1, 0.15) is 54.9 Å². The number of H-pyrrole nitrogens is 1. The van der Waals surface area contributed by atoms with Crippen LogP contribution in [0.2, 0.25) is 0 Å². The van der Waals surface area contributed by atoms with Crippen LogP contribution in [0.15, 0.2) is 48.9 Å². The Balaban J connectivity index is 1.17. The van der Waals surface area contributed by atoms with E-state index >= 15 is 0 Å². The lowest BCUT2D eigenvalue weighted by Crippen LogP contribution is -2.37. The van der Waals surface area contributed by atoms with Crippen molar-refractivity contribution < 1.29 is 4.79 Å². The average molecular weight is 486 g/mol. The Morgan fingerprint density at radius 3 is 2.75 bits per heavy atom. The number of hydrogen-bond donors (Lipinski definition) is 3. The molecule has 0 unspecified atom stereocenters. The molecule has 10 heteroatoms. The maximum Gasteiger partial charge on any atom is 0.223 e. The Kier molecular flexibility index (Phi) is 6.75. The molecule has 3 atom stereocenters. The van der Waals surface area contributed by atoms with Gasteiger partial charge in [-0.2, -0.15) is 10.2 Å².